The summed E-state index contributed by atoms with van der Waals surface area (Å²) in [6.45, 7) is 2.20. The zero-order chi connectivity index (χ0) is 14.9. The minimum absolute atomic E-state index is 0.347. The number of thiophene rings is 1. The molecular formula is C17H19N3OS. The van der Waals surface area contributed by atoms with E-state index in [0.29, 0.717) is 6.04 Å². The standard InChI is InChI=1S/C17H19N3OS/c1-11(7-8-12-4-3-9-21-12)20-16-15-13-5-2-6-14(13)22-17(15)19-10-18-16/h3-4,9-11H,2,5-8H2,1H3,(H,18,19,20)/t11-/m1/s1. The van der Waals surface area contributed by atoms with Gasteiger partial charge in [-0.3, -0.25) is 0 Å². The normalized spacial score (nSPS) is 15.1. The molecule has 4 rings (SSSR count). The van der Waals surface area contributed by atoms with Crippen molar-refractivity contribution in [1.29, 1.82) is 0 Å². The highest BCUT2D eigenvalue weighted by Gasteiger charge is 2.21. The second-order valence-corrected chi connectivity index (χ2v) is 7.01. The van der Waals surface area contributed by atoms with Crippen LogP contribution in [0, 0.1) is 0 Å². The van der Waals surface area contributed by atoms with Crippen LogP contribution in [-0.2, 0) is 19.3 Å². The summed E-state index contributed by atoms with van der Waals surface area (Å²) in [7, 11) is 0. The van der Waals surface area contributed by atoms with E-state index in [1.165, 1.54) is 28.7 Å². The molecule has 1 N–H and O–H groups in total. The number of hydrogen-bond donors (Lipinski definition) is 1. The number of anilines is 1. The van der Waals surface area contributed by atoms with Gasteiger partial charge in [0.1, 0.15) is 22.7 Å². The van der Waals surface area contributed by atoms with E-state index >= 15 is 0 Å². The molecule has 4 nitrogen and oxygen atoms in total. The number of fused-ring (bicyclic) bond motifs is 3. The van der Waals surface area contributed by atoms with Crippen LogP contribution in [-0.4, -0.2) is 16.0 Å². The number of aromatic nitrogens is 2. The summed E-state index contributed by atoms with van der Waals surface area (Å²) < 4.78 is 5.40. The highest BCUT2D eigenvalue weighted by atomic mass is 32.1. The van der Waals surface area contributed by atoms with Crippen molar-refractivity contribution in [1.82, 2.24) is 9.97 Å². The molecule has 0 spiro atoms. The lowest BCUT2D eigenvalue weighted by atomic mass is 10.1. The fourth-order valence-corrected chi connectivity index (χ4v) is 4.39. The van der Waals surface area contributed by atoms with Crippen molar-refractivity contribution in [2.45, 2.75) is 45.1 Å². The van der Waals surface area contributed by atoms with E-state index in [1.807, 2.05) is 23.5 Å². The van der Waals surface area contributed by atoms with Gasteiger partial charge in [-0.2, -0.15) is 0 Å². The van der Waals surface area contributed by atoms with Crippen molar-refractivity contribution in [2.75, 3.05) is 5.32 Å². The van der Waals surface area contributed by atoms with Gasteiger partial charge < -0.3 is 9.73 Å². The Morgan fingerprint density at radius 2 is 2.32 bits per heavy atom. The predicted octanol–water partition coefficient (Wildman–Crippen LogP) is 4.21. The van der Waals surface area contributed by atoms with Crippen molar-refractivity contribution in [3.63, 3.8) is 0 Å². The summed E-state index contributed by atoms with van der Waals surface area (Å²) in [4.78, 5) is 11.6. The smallest absolute Gasteiger partial charge is 0.138 e. The van der Waals surface area contributed by atoms with Crippen molar-refractivity contribution in [3.8, 4) is 0 Å². The second kappa shape index (κ2) is 5.72. The molecule has 0 aliphatic heterocycles. The van der Waals surface area contributed by atoms with E-state index in [-0.39, 0.29) is 0 Å². The Bertz CT molecular complexity index is 779. The Morgan fingerprint density at radius 1 is 1.36 bits per heavy atom. The number of furan rings is 1. The van der Waals surface area contributed by atoms with Crippen LogP contribution in [0.3, 0.4) is 0 Å². The highest BCUT2D eigenvalue weighted by Crippen LogP contribution is 2.39. The highest BCUT2D eigenvalue weighted by molar-refractivity contribution is 7.19. The Kier molecular flexibility index (Phi) is 3.58. The lowest BCUT2D eigenvalue weighted by Gasteiger charge is -2.14. The van der Waals surface area contributed by atoms with Crippen LogP contribution >= 0.6 is 11.3 Å². The van der Waals surface area contributed by atoms with E-state index < -0.39 is 0 Å². The van der Waals surface area contributed by atoms with Gasteiger partial charge in [-0.15, -0.1) is 11.3 Å². The van der Waals surface area contributed by atoms with Gasteiger partial charge in [-0.25, -0.2) is 9.97 Å². The Balaban J connectivity index is 1.53. The second-order valence-electron chi connectivity index (χ2n) is 5.92. The average molecular weight is 313 g/mol. The van der Waals surface area contributed by atoms with Gasteiger partial charge in [-0.05, 0) is 50.3 Å². The van der Waals surface area contributed by atoms with Gasteiger partial charge in [0, 0.05) is 17.3 Å². The summed E-state index contributed by atoms with van der Waals surface area (Å²) in [6.07, 6.45) is 9.00. The average Bonchev–Trinajstić information content (AvgIpc) is 3.22. The van der Waals surface area contributed by atoms with Crippen molar-refractivity contribution < 1.29 is 4.42 Å². The third-order valence-corrected chi connectivity index (χ3v) is 5.49. The van der Waals surface area contributed by atoms with Crippen LogP contribution in [0.15, 0.2) is 29.1 Å². The first-order valence-corrected chi connectivity index (χ1v) is 8.67. The fraction of sp³-hybridized carbons (Fsp3) is 0.412. The number of nitrogens with zero attached hydrogens (tertiary/aromatic N) is 2. The van der Waals surface area contributed by atoms with Crippen LogP contribution in [0.25, 0.3) is 10.2 Å². The maximum atomic E-state index is 5.40. The molecule has 3 aromatic heterocycles. The van der Waals surface area contributed by atoms with Crippen LogP contribution < -0.4 is 5.32 Å². The summed E-state index contributed by atoms with van der Waals surface area (Å²) >= 11 is 1.83. The maximum Gasteiger partial charge on any atom is 0.138 e. The van der Waals surface area contributed by atoms with Gasteiger partial charge in [0.25, 0.3) is 0 Å². The molecule has 1 aliphatic rings. The first-order chi connectivity index (χ1) is 10.8. The van der Waals surface area contributed by atoms with Crippen molar-refractivity contribution in [3.05, 3.63) is 40.9 Å². The monoisotopic (exact) mass is 313 g/mol. The molecule has 0 radical (unpaired) electrons. The topological polar surface area (TPSA) is 51.0 Å². The molecule has 0 bridgehead atoms. The SMILES string of the molecule is C[C@H](CCc1ccco1)Nc1ncnc2sc3c(c12)CCC3. The molecule has 0 amide bonds. The van der Waals surface area contributed by atoms with Gasteiger partial charge in [0.05, 0.1) is 11.6 Å². The van der Waals surface area contributed by atoms with E-state index in [0.717, 1.165) is 35.7 Å². The van der Waals surface area contributed by atoms with Gasteiger partial charge >= 0.3 is 0 Å². The molecule has 3 aromatic rings. The van der Waals surface area contributed by atoms with E-state index in [2.05, 4.69) is 22.2 Å². The summed E-state index contributed by atoms with van der Waals surface area (Å²) in [5.41, 5.74) is 1.47. The minimum Gasteiger partial charge on any atom is -0.469 e. The van der Waals surface area contributed by atoms with Crippen LogP contribution in [0.4, 0.5) is 5.82 Å². The fourth-order valence-electron chi connectivity index (χ4n) is 3.16. The first-order valence-electron chi connectivity index (χ1n) is 7.85. The molecule has 22 heavy (non-hydrogen) atoms. The molecule has 0 saturated carbocycles. The Morgan fingerprint density at radius 3 is 3.18 bits per heavy atom. The number of nitrogens with one attached hydrogen (secondary N) is 1. The molecule has 0 fully saturated rings. The van der Waals surface area contributed by atoms with Crippen molar-refractivity contribution in [2.24, 2.45) is 0 Å². The van der Waals surface area contributed by atoms with Crippen LogP contribution in [0.5, 0.6) is 0 Å². The van der Waals surface area contributed by atoms with E-state index in [4.69, 9.17) is 4.42 Å². The first kappa shape index (κ1) is 13.8. The largest absolute Gasteiger partial charge is 0.469 e. The minimum atomic E-state index is 0.347. The number of aryl methyl sites for hydroxylation is 3. The summed E-state index contributed by atoms with van der Waals surface area (Å²) in [6, 6.07) is 4.32. The third kappa shape index (κ3) is 2.50. The zero-order valence-corrected chi connectivity index (χ0v) is 13.4. The lowest BCUT2D eigenvalue weighted by Crippen LogP contribution is -2.17. The molecule has 0 saturated heterocycles. The molecule has 3 heterocycles. The molecule has 1 atom stereocenters. The Hall–Kier alpha value is -1.88. The number of hydrogen-bond acceptors (Lipinski definition) is 5. The molecule has 0 unspecified atom stereocenters. The van der Waals surface area contributed by atoms with E-state index in [1.54, 1.807) is 12.6 Å². The van der Waals surface area contributed by atoms with Crippen LogP contribution in [0.2, 0.25) is 0 Å². The van der Waals surface area contributed by atoms with Crippen molar-refractivity contribution >= 4 is 27.4 Å². The summed E-state index contributed by atoms with van der Waals surface area (Å²) in [5.74, 6) is 2.04. The molecule has 5 heteroatoms. The summed E-state index contributed by atoms with van der Waals surface area (Å²) in [5, 5.41) is 4.83. The van der Waals surface area contributed by atoms with Gasteiger partial charge in [0.2, 0.25) is 0 Å². The molecule has 1 aliphatic carbocycles. The molecule has 114 valence electrons. The quantitative estimate of drug-likeness (QED) is 0.766. The number of rotatable bonds is 5. The lowest BCUT2D eigenvalue weighted by molar-refractivity contribution is 0.495. The molecular weight excluding hydrogens is 294 g/mol. The Labute approximate surface area is 133 Å². The predicted molar refractivity (Wildman–Crippen MR) is 89.6 cm³/mol. The van der Waals surface area contributed by atoms with E-state index in [9.17, 15) is 0 Å². The zero-order valence-electron chi connectivity index (χ0n) is 12.6. The van der Waals surface area contributed by atoms with Gasteiger partial charge in [-0.1, -0.05) is 0 Å². The maximum absolute atomic E-state index is 5.40. The molecule has 0 aromatic carbocycles. The van der Waals surface area contributed by atoms with Crippen LogP contribution in [0.1, 0.15) is 36.0 Å². The third-order valence-electron chi connectivity index (χ3n) is 4.29. The van der Waals surface area contributed by atoms with Gasteiger partial charge in [0.15, 0.2) is 0 Å².